The molecule has 2 saturated heterocycles. The largest absolute Gasteiger partial charge is 0.374 e. The molecule has 6 nitrogen and oxygen atoms in total. The van der Waals surface area contributed by atoms with Gasteiger partial charge < -0.3 is 19.7 Å². The van der Waals surface area contributed by atoms with E-state index in [2.05, 4.69) is 11.9 Å². The highest BCUT2D eigenvalue weighted by Crippen LogP contribution is 2.38. The van der Waals surface area contributed by atoms with E-state index in [1.54, 1.807) is 0 Å². The van der Waals surface area contributed by atoms with Crippen molar-refractivity contribution in [3.05, 3.63) is 48.6 Å². The first-order valence-electron chi connectivity index (χ1n) is 9.16. The number of carbonyl (C=O) groups is 2. The van der Waals surface area contributed by atoms with E-state index in [0.717, 1.165) is 18.4 Å². The third-order valence-corrected chi connectivity index (χ3v) is 4.93. The first kappa shape index (κ1) is 18.6. The van der Waals surface area contributed by atoms with Crippen molar-refractivity contribution in [2.45, 2.75) is 31.0 Å². The number of benzene rings is 1. The van der Waals surface area contributed by atoms with Crippen LogP contribution in [0.2, 0.25) is 0 Å². The minimum atomic E-state index is -0.902. The number of carbonyl (C=O) groups excluding carboxylic acids is 2. The van der Waals surface area contributed by atoms with E-state index in [1.165, 1.54) is 6.08 Å². The Kier molecular flexibility index (Phi) is 6.06. The van der Waals surface area contributed by atoms with Crippen molar-refractivity contribution >= 4 is 11.8 Å². The Morgan fingerprint density at radius 3 is 2.77 bits per heavy atom. The van der Waals surface area contributed by atoms with Crippen LogP contribution < -0.4 is 5.32 Å². The molecule has 140 valence electrons. The van der Waals surface area contributed by atoms with Gasteiger partial charge in [0.2, 0.25) is 5.91 Å². The van der Waals surface area contributed by atoms with Crippen molar-refractivity contribution in [1.82, 2.24) is 10.2 Å². The smallest absolute Gasteiger partial charge is 0.259 e. The summed E-state index contributed by atoms with van der Waals surface area (Å²) in [6.45, 7) is 6.02. The van der Waals surface area contributed by atoms with Gasteiger partial charge in [-0.2, -0.15) is 0 Å². The Hall–Kier alpha value is -2.18. The Labute approximate surface area is 154 Å². The fourth-order valence-corrected chi connectivity index (χ4v) is 3.61. The van der Waals surface area contributed by atoms with Gasteiger partial charge in [0.15, 0.2) is 5.60 Å². The number of hydrogen-bond acceptors (Lipinski definition) is 4. The molecule has 2 aliphatic rings. The number of nitrogens with one attached hydrogen (secondary N) is 1. The molecule has 2 atom stereocenters. The number of hydrogen-bond donors (Lipinski definition) is 1. The van der Waals surface area contributed by atoms with Crippen LogP contribution in [0.25, 0.3) is 0 Å². The van der Waals surface area contributed by atoms with Gasteiger partial charge in [-0.1, -0.05) is 36.9 Å². The molecule has 2 aliphatic heterocycles. The zero-order chi connectivity index (χ0) is 18.4. The van der Waals surface area contributed by atoms with E-state index >= 15 is 0 Å². The van der Waals surface area contributed by atoms with Crippen LogP contribution in [-0.2, 0) is 24.7 Å². The average molecular weight is 358 g/mol. The van der Waals surface area contributed by atoms with Gasteiger partial charge in [0.25, 0.3) is 5.91 Å². The molecule has 26 heavy (non-hydrogen) atoms. The summed E-state index contributed by atoms with van der Waals surface area (Å²) < 4.78 is 11.8. The molecule has 2 heterocycles. The second-order valence-electron chi connectivity index (χ2n) is 6.69. The molecule has 0 spiro atoms. The van der Waals surface area contributed by atoms with Gasteiger partial charge in [0.1, 0.15) is 0 Å². The van der Waals surface area contributed by atoms with Crippen LogP contribution in [-0.4, -0.2) is 55.7 Å². The lowest BCUT2D eigenvalue weighted by atomic mass is 9.89. The summed E-state index contributed by atoms with van der Waals surface area (Å²) in [6.07, 6.45) is 3.31. The minimum absolute atomic E-state index is 0.00764. The molecule has 0 aliphatic carbocycles. The predicted octanol–water partition coefficient (Wildman–Crippen LogP) is 1.61. The summed E-state index contributed by atoms with van der Waals surface area (Å²) in [6, 6.07) is 9.73. The van der Waals surface area contributed by atoms with E-state index in [1.807, 2.05) is 35.2 Å². The quantitative estimate of drug-likeness (QED) is 0.812. The van der Waals surface area contributed by atoms with Crippen molar-refractivity contribution < 1.29 is 19.1 Å². The Bertz CT molecular complexity index is 640. The van der Waals surface area contributed by atoms with Gasteiger partial charge in [0, 0.05) is 32.8 Å². The lowest BCUT2D eigenvalue weighted by Gasteiger charge is -2.34. The Balaban J connectivity index is 1.75. The minimum Gasteiger partial charge on any atom is -0.374 e. The molecule has 6 heteroatoms. The van der Waals surface area contributed by atoms with Crippen LogP contribution >= 0.6 is 0 Å². The first-order valence-corrected chi connectivity index (χ1v) is 9.16. The molecule has 0 saturated carbocycles. The zero-order valence-electron chi connectivity index (χ0n) is 15.0. The van der Waals surface area contributed by atoms with E-state index in [-0.39, 0.29) is 17.9 Å². The molecule has 3 rings (SSSR count). The molecule has 0 radical (unpaired) electrons. The normalized spacial score (nSPS) is 26.2. The Morgan fingerprint density at radius 2 is 2.08 bits per heavy atom. The maximum Gasteiger partial charge on any atom is 0.259 e. The van der Waals surface area contributed by atoms with Crippen molar-refractivity contribution in [2.24, 2.45) is 0 Å². The van der Waals surface area contributed by atoms with Crippen LogP contribution in [0.3, 0.4) is 0 Å². The summed E-state index contributed by atoms with van der Waals surface area (Å²) in [7, 11) is 0. The van der Waals surface area contributed by atoms with Gasteiger partial charge in [-0.15, -0.1) is 0 Å². The Morgan fingerprint density at radius 1 is 1.27 bits per heavy atom. The number of ether oxygens (including phenoxy) is 2. The molecule has 1 aromatic rings. The molecule has 0 aromatic heterocycles. The van der Waals surface area contributed by atoms with Gasteiger partial charge >= 0.3 is 0 Å². The van der Waals surface area contributed by atoms with Crippen molar-refractivity contribution in [3.63, 3.8) is 0 Å². The molecule has 0 bridgehead atoms. The van der Waals surface area contributed by atoms with Crippen molar-refractivity contribution in [2.75, 3.05) is 32.8 Å². The molecule has 2 fully saturated rings. The maximum atomic E-state index is 13.5. The predicted molar refractivity (Wildman–Crippen MR) is 97.4 cm³/mol. The molecule has 2 unspecified atom stereocenters. The molecule has 2 amide bonds. The van der Waals surface area contributed by atoms with Gasteiger partial charge in [-0.25, -0.2) is 0 Å². The first-order chi connectivity index (χ1) is 12.7. The van der Waals surface area contributed by atoms with Gasteiger partial charge in [-0.05, 0) is 30.9 Å². The third kappa shape index (κ3) is 3.97. The van der Waals surface area contributed by atoms with E-state index < -0.39 is 5.60 Å². The summed E-state index contributed by atoms with van der Waals surface area (Å²) in [4.78, 5) is 26.7. The zero-order valence-corrected chi connectivity index (χ0v) is 15.0. The van der Waals surface area contributed by atoms with E-state index in [0.29, 0.717) is 39.3 Å². The SMILES string of the molecule is C=CC(=O)NCC1CN(C(=O)C2(c3ccccc3)CCCO2)CCCO1. The van der Waals surface area contributed by atoms with Crippen molar-refractivity contribution in [1.29, 1.82) is 0 Å². The highest BCUT2D eigenvalue weighted by atomic mass is 16.5. The highest BCUT2D eigenvalue weighted by Gasteiger charge is 2.47. The topological polar surface area (TPSA) is 67.9 Å². The standard InChI is InChI=1S/C20H26N2O4/c1-2-18(23)21-14-17-15-22(11-7-12-25-17)19(24)20(10-6-13-26-20)16-8-4-3-5-9-16/h2-5,8-9,17H,1,6-7,10-15H2,(H,21,23). The second-order valence-corrected chi connectivity index (χ2v) is 6.69. The van der Waals surface area contributed by atoms with E-state index in [9.17, 15) is 9.59 Å². The second kappa shape index (κ2) is 8.47. The lowest BCUT2D eigenvalue weighted by Crippen LogP contribution is -2.50. The van der Waals surface area contributed by atoms with Crippen LogP contribution in [0.1, 0.15) is 24.8 Å². The fourth-order valence-electron chi connectivity index (χ4n) is 3.61. The van der Waals surface area contributed by atoms with Gasteiger partial charge in [0.05, 0.1) is 6.10 Å². The van der Waals surface area contributed by atoms with Crippen LogP contribution in [0, 0.1) is 0 Å². The highest BCUT2D eigenvalue weighted by molar-refractivity contribution is 5.87. The van der Waals surface area contributed by atoms with E-state index in [4.69, 9.17) is 9.47 Å². The van der Waals surface area contributed by atoms with Gasteiger partial charge in [-0.3, -0.25) is 9.59 Å². The summed E-state index contributed by atoms with van der Waals surface area (Å²) in [5, 5.41) is 2.75. The molecular weight excluding hydrogens is 332 g/mol. The molecule has 1 N–H and O–H groups in total. The summed E-state index contributed by atoms with van der Waals surface area (Å²) >= 11 is 0. The van der Waals surface area contributed by atoms with Crippen molar-refractivity contribution in [3.8, 4) is 0 Å². The van der Waals surface area contributed by atoms with Crippen LogP contribution in [0.4, 0.5) is 0 Å². The van der Waals surface area contributed by atoms with Crippen LogP contribution in [0.5, 0.6) is 0 Å². The monoisotopic (exact) mass is 358 g/mol. The lowest BCUT2D eigenvalue weighted by molar-refractivity contribution is -0.155. The molecular formula is C20H26N2O4. The third-order valence-electron chi connectivity index (χ3n) is 4.93. The average Bonchev–Trinajstić information content (AvgIpc) is 3.07. The maximum absolute atomic E-state index is 13.5. The number of rotatable bonds is 5. The summed E-state index contributed by atoms with van der Waals surface area (Å²) in [5.74, 6) is -0.248. The fraction of sp³-hybridized carbons (Fsp3) is 0.500. The summed E-state index contributed by atoms with van der Waals surface area (Å²) in [5.41, 5.74) is 0.00438. The van der Waals surface area contributed by atoms with Crippen LogP contribution in [0.15, 0.2) is 43.0 Å². The molecule has 1 aromatic carbocycles. The number of amides is 2. The number of nitrogens with zero attached hydrogens (tertiary/aromatic N) is 1.